The highest BCUT2D eigenvalue weighted by molar-refractivity contribution is 6.45. The summed E-state index contributed by atoms with van der Waals surface area (Å²) in [5.74, 6) is -0.433. The minimum Gasteiger partial charge on any atom is -0.437 e. The molecule has 0 spiro atoms. The molecule has 30 heavy (non-hydrogen) atoms. The van der Waals surface area contributed by atoms with Crippen molar-refractivity contribution in [3.05, 3.63) is 59.5 Å². The van der Waals surface area contributed by atoms with Crippen molar-refractivity contribution in [2.75, 3.05) is 18.8 Å². The summed E-state index contributed by atoms with van der Waals surface area (Å²) in [7, 11) is -0.545. The summed E-state index contributed by atoms with van der Waals surface area (Å²) in [5.41, 5.74) is 8.46. The number of hydrogen-bond donors (Lipinski definition) is 3. The van der Waals surface area contributed by atoms with Crippen LogP contribution in [0.4, 0.5) is 10.2 Å². The number of rotatable bonds is 4. The maximum Gasteiger partial charge on any atom is 0.376 e. The zero-order chi connectivity index (χ0) is 21.4. The van der Waals surface area contributed by atoms with Crippen LogP contribution in [0.1, 0.15) is 22.3 Å². The zero-order valence-corrected chi connectivity index (χ0v) is 17.0. The topological polar surface area (TPSA) is 91.5 Å². The highest BCUT2D eigenvalue weighted by Crippen LogP contribution is 2.31. The Morgan fingerprint density at radius 2 is 2.17 bits per heavy atom. The van der Waals surface area contributed by atoms with Gasteiger partial charge in [0.1, 0.15) is 11.6 Å². The Bertz CT molecular complexity index is 1100. The molecule has 4 rings (SSSR count). The van der Waals surface area contributed by atoms with Crippen LogP contribution in [0.5, 0.6) is 0 Å². The van der Waals surface area contributed by atoms with Gasteiger partial charge in [0.25, 0.3) is 5.91 Å². The molecule has 0 saturated carbocycles. The van der Waals surface area contributed by atoms with Crippen LogP contribution in [-0.2, 0) is 0 Å². The van der Waals surface area contributed by atoms with Crippen molar-refractivity contribution in [1.29, 1.82) is 0 Å². The fraction of sp³-hybridized carbons (Fsp3) is 0.273. The minimum atomic E-state index is -0.545. The second kappa shape index (κ2) is 8.05. The lowest BCUT2D eigenvalue weighted by Gasteiger charge is -2.18. The molecule has 2 aromatic carbocycles. The van der Waals surface area contributed by atoms with Gasteiger partial charge in [-0.3, -0.25) is 4.79 Å². The summed E-state index contributed by atoms with van der Waals surface area (Å²) in [6, 6.07) is 10.3. The van der Waals surface area contributed by atoms with E-state index in [2.05, 4.69) is 10.3 Å². The average molecular weight is 406 g/mol. The van der Waals surface area contributed by atoms with Gasteiger partial charge in [0, 0.05) is 29.7 Å². The summed E-state index contributed by atoms with van der Waals surface area (Å²) in [4.78, 5) is 19.1. The third kappa shape index (κ3) is 3.76. The molecule has 8 heteroatoms. The van der Waals surface area contributed by atoms with Crippen LogP contribution in [0.3, 0.4) is 0 Å². The lowest BCUT2D eigenvalue weighted by atomic mass is 9.86. The number of amides is 1. The zero-order valence-electron chi connectivity index (χ0n) is 17.0. The second-order valence-corrected chi connectivity index (χ2v) is 7.84. The second-order valence-electron chi connectivity index (χ2n) is 7.84. The van der Waals surface area contributed by atoms with Gasteiger partial charge in [-0.05, 0) is 55.4 Å². The predicted molar refractivity (Wildman–Crippen MR) is 118 cm³/mol. The number of hydrogen-bond acceptors (Lipinski definition) is 5. The molecule has 1 aliphatic rings. The number of nitrogens with one attached hydrogen (secondary N) is 1. The molecule has 2 heterocycles. The van der Waals surface area contributed by atoms with E-state index in [0.29, 0.717) is 28.4 Å². The Morgan fingerprint density at radius 1 is 1.37 bits per heavy atom. The lowest BCUT2D eigenvalue weighted by Crippen LogP contribution is -2.41. The summed E-state index contributed by atoms with van der Waals surface area (Å²) < 4.78 is 14.4. The van der Waals surface area contributed by atoms with E-state index in [9.17, 15) is 14.2 Å². The van der Waals surface area contributed by atoms with Gasteiger partial charge in [-0.1, -0.05) is 24.3 Å². The van der Waals surface area contributed by atoms with Gasteiger partial charge in [-0.2, -0.15) is 0 Å². The number of pyridine rings is 1. The highest BCUT2D eigenvalue weighted by atomic mass is 19.1. The largest absolute Gasteiger partial charge is 0.437 e. The van der Waals surface area contributed by atoms with Gasteiger partial charge in [0.15, 0.2) is 0 Å². The first-order valence-electron chi connectivity index (χ1n) is 10.0. The van der Waals surface area contributed by atoms with Crippen molar-refractivity contribution in [3.63, 3.8) is 0 Å². The van der Waals surface area contributed by atoms with Crippen LogP contribution in [0.25, 0.3) is 21.9 Å². The number of carbonyl (C=O) groups excluding carboxylic acids is 1. The van der Waals surface area contributed by atoms with E-state index in [1.165, 1.54) is 6.07 Å². The number of fused-ring (bicyclic) bond motifs is 1. The molecule has 4 N–H and O–H groups in total. The molecule has 1 saturated heterocycles. The predicted octanol–water partition coefficient (Wildman–Crippen LogP) is 2.85. The summed E-state index contributed by atoms with van der Waals surface area (Å²) in [6.07, 6.45) is 2.36. The van der Waals surface area contributed by atoms with Crippen LogP contribution in [-0.4, -0.2) is 46.9 Å². The van der Waals surface area contributed by atoms with E-state index in [4.69, 9.17) is 5.73 Å². The van der Waals surface area contributed by atoms with E-state index in [1.54, 1.807) is 31.2 Å². The van der Waals surface area contributed by atoms with E-state index >= 15 is 0 Å². The normalized spacial score (nSPS) is 16.7. The van der Waals surface area contributed by atoms with Gasteiger partial charge in [-0.15, -0.1) is 0 Å². The highest BCUT2D eigenvalue weighted by Gasteiger charge is 2.29. The monoisotopic (exact) mass is 406 g/mol. The number of benzene rings is 2. The number of carbonyl (C=O) groups is 1. The number of halogens is 1. The van der Waals surface area contributed by atoms with Gasteiger partial charge in [0.2, 0.25) is 0 Å². The van der Waals surface area contributed by atoms with Crippen LogP contribution in [0.15, 0.2) is 42.6 Å². The van der Waals surface area contributed by atoms with Gasteiger partial charge >= 0.3 is 7.05 Å². The lowest BCUT2D eigenvalue weighted by molar-refractivity contribution is 0.0941. The van der Waals surface area contributed by atoms with Gasteiger partial charge < -0.3 is 20.9 Å². The van der Waals surface area contributed by atoms with Crippen LogP contribution < -0.4 is 11.1 Å². The smallest absolute Gasteiger partial charge is 0.376 e. The molecule has 1 aliphatic heterocycles. The van der Waals surface area contributed by atoms with Crippen molar-refractivity contribution in [2.24, 2.45) is 0 Å². The van der Waals surface area contributed by atoms with Gasteiger partial charge in [0.05, 0.1) is 5.56 Å². The molecule has 1 atom stereocenters. The molecule has 1 aromatic heterocycles. The number of aryl methyl sites for hydroxylation is 1. The van der Waals surface area contributed by atoms with Crippen molar-refractivity contribution < 1.29 is 14.2 Å². The minimum absolute atomic E-state index is 0.0675. The maximum atomic E-state index is 14.4. The molecule has 154 valence electrons. The Kier molecular flexibility index (Phi) is 5.45. The van der Waals surface area contributed by atoms with E-state index < -0.39 is 7.05 Å². The van der Waals surface area contributed by atoms with Crippen LogP contribution >= 0.6 is 0 Å². The first-order valence-corrected chi connectivity index (χ1v) is 10.0. The quantitative estimate of drug-likeness (QED) is 0.580. The summed E-state index contributed by atoms with van der Waals surface area (Å²) in [6.45, 7) is 4.88. The first kappa shape index (κ1) is 20.3. The number of aromatic nitrogens is 1. The number of nitrogen functional groups attached to an aromatic ring is 1. The average Bonchev–Trinajstić information content (AvgIpc) is 3.16. The van der Waals surface area contributed by atoms with Crippen LogP contribution in [0.2, 0.25) is 6.82 Å². The molecule has 0 radical (unpaired) electrons. The van der Waals surface area contributed by atoms with E-state index in [0.717, 1.165) is 24.1 Å². The number of nitrogens with zero attached hydrogens (tertiary/aromatic N) is 2. The third-order valence-corrected chi connectivity index (χ3v) is 5.74. The molecule has 1 amide bonds. The summed E-state index contributed by atoms with van der Waals surface area (Å²) >= 11 is 0. The molecular formula is C22H24BFN4O2. The standard InChI is InChI=1S/C22H24BFN4O2/c1-13-4-3-5-18(24)19(13)14-6-7-17-15(10-14)11-26-21(25)20(17)22(29)27-16-8-9-28(12-16)23(2)30/h3-7,10-11,16,30H,8-9,12H2,1-2H3,(H2,25,26)(H,27,29)/t16-/m1/s1. The fourth-order valence-corrected chi connectivity index (χ4v) is 4.13. The molecule has 6 nitrogen and oxygen atoms in total. The molecule has 0 unspecified atom stereocenters. The number of nitrogens with two attached hydrogens (primary N) is 1. The number of anilines is 1. The SMILES string of the molecule is CB(O)N1CC[C@@H](NC(=O)c2c(N)ncc3cc(-c4c(C)cccc4F)ccc23)C1. The van der Waals surface area contributed by atoms with E-state index in [-0.39, 0.29) is 23.6 Å². The van der Waals surface area contributed by atoms with E-state index in [1.807, 2.05) is 23.9 Å². The third-order valence-electron chi connectivity index (χ3n) is 5.74. The maximum absolute atomic E-state index is 14.4. The van der Waals surface area contributed by atoms with Gasteiger partial charge in [-0.25, -0.2) is 9.37 Å². The van der Waals surface area contributed by atoms with Crippen LogP contribution in [0, 0.1) is 12.7 Å². The Labute approximate surface area is 175 Å². The molecule has 1 fully saturated rings. The van der Waals surface area contributed by atoms with Crippen molar-refractivity contribution >= 4 is 29.5 Å². The molecule has 0 aliphatic carbocycles. The Morgan fingerprint density at radius 3 is 2.87 bits per heavy atom. The first-order chi connectivity index (χ1) is 14.3. The summed E-state index contributed by atoms with van der Waals surface area (Å²) in [5, 5.41) is 14.1. The Balaban J connectivity index is 1.67. The molecule has 3 aromatic rings. The molecular weight excluding hydrogens is 382 g/mol. The van der Waals surface area contributed by atoms with Crippen molar-refractivity contribution in [1.82, 2.24) is 15.1 Å². The fourth-order valence-electron chi connectivity index (χ4n) is 4.13. The van der Waals surface area contributed by atoms with Crippen molar-refractivity contribution in [3.8, 4) is 11.1 Å². The Hall–Kier alpha value is -2.97. The van der Waals surface area contributed by atoms with Crippen molar-refractivity contribution in [2.45, 2.75) is 26.2 Å². The molecule has 0 bridgehead atoms.